The number of halogens is 1. The molecule has 116 valence electrons. The summed E-state index contributed by atoms with van der Waals surface area (Å²) in [6.45, 7) is 2.37. The van der Waals surface area contributed by atoms with E-state index in [4.69, 9.17) is 11.6 Å². The molecular formula is C19H17ClN2O. The number of hydrogen-bond acceptors (Lipinski definition) is 1. The largest absolute Gasteiger partial charge is 0.356 e. The van der Waals surface area contributed by atoms with E-state index in [1.54, 1.807) is 6.92 Å². The molecule has 3 nitrogen and oxygen atoms in total. The number of aromatic amines is 1. The highest BCUT2D eigenvalue weighted by molar-refractivity contribution is 6.30. The van der Waals surface area contributed by atoms with Gasteiger partial charge in [0.1, 0.15) is 0 Å². The summed E-state index contributed by atoms with van der Waals surface area (Å²) < 4.78 is 0. The van der Waals surface area contributed by atoms with Crippen molar-refractivity contribution in [3.63, 3.8) is 0 Å². The van der Waals surface area contributed by atoms with Crippen molar-refractivity contribution in [2.75, 3.05) is 6.54 Å². The Morgan fingerprint density at radius 2 is 1.91 bits per heavy atom. The number of benzene rings is 2. The highest BCUT2D eigenvalue weighted by Crippen LogP contribution is 2.38. The van der Waals surface area contributed by atoms with E-state index in [1.807, 2.05) is 35.2 Å². The first-order valence-corrected chi connectivity index (χ1v) is 8.15. The third kappa shape index (κ3) is 2.32. The molecule has 3 aromatic rings. The Morgan fingerprint density at radius 3 is 2.65 bits per heavy atom. The fourth-order valence-corrected chi connectivity index (χ4v) is 3.70. The van der Waals surface area contributed by atoms with E-state index in [1.165, 1.54) is 10.9 Å². The van der Waals surface area contributed by atoms with Crippen LogP contribution in [-0.4, -0.2) is 22.3 Å². The number of para-hydroxylation sites is 1. The van der Waals surface area contributed by atoms with Gasteiger partial charge >= 0.3 is 0 Å². The molecule has 1 atom stereocenters. The van der Waals surface area contributed by atoms with Crippen LogP contribution in [0.1, 0.15) is 29.8 Å². The highest BCUT2D eigenvalue weighted by atomic mass is 35.5. The minimum Gasteiger partial charge on any atom is -0.356 e. The van der Waals surface area contributed by atoms with Gasteiger partial charge in [-0.1, -0.05) is 41.9 Å². The second kappa shape index (κ2) is 5.43. The number of carbonyl (C=O) groups excluding carboxylic acids is 1. The Balaban J connectivity index is 1.92. The molecular weight excluding hydrogens is 308 g/mol. The van der Waals surface area contributed by atoms with Crippen LogP contribution in [0, 0.1) is 0 Å². The zero-order valence-corrected chi connectivity index (χ0v) is 13.6. The lowest BCUT2D eigenvalue weighted by Gasteiger charge is -2.35. The number of rotatable bonds is 1. The van der Waals surface area contributed by atoms with Crippen LogP contribution in [0.15, 0.2) is 48.5 Å². The predicted octanol–water partition coefficient (Wildman–Crippen LogP) is 4.32. The minimum atomic E-state index is -0.0825. The van der Waals surface area contributed by atoms with Crippen molar-refractivity contribution < 1.29 is 4.79 Å². The molecule has 1 N–H and O–H groups in total. The van der Waals surface area contributed by atoms with Gasteiger partial charge in [0.2, 0.25) is 5.91 Å². The average Bonchev–Trinajstić information content (AvgIpc) is 2.93. The van der Waals surface area contributed by atoms with Crippen molar-refractivity contribution in [1.29, 1.82) is 0 Å². The quantitative estimate of drug-likeness (QED) is 0.711. The summed E-state index contributed by atoms with van der Waals surface area (Å²) >= 11 is 6.03. The second-order valence-corrected chi connectivity index (χ2v) is 6.42. The first-order valence-electron chi connectivity index (χ1n) is 7.77. The van der Waals surface area contributed by atoms with Crippen molar-refractivity contribution in [3.8, 4) is 0 Å². The third-order valence-corrected chi connectivity index (χ3v) is 4.88. The normalized spacial score (nSPS) is 17.3. The van der Waals surface area contributed by atoms with Gasteiger partial charge in [-0.25, -0.2) is 0 Å². The molecule has 0 saturated carbocycles. The van der Waals surface area contributed by atoms with Gasteiger partial charge in [0, 0.05) is 35.1 Å². The van der Waals surface area contributed by atoms with E-state index in [2.05, 4.69) is 23.2 Å². The fraction of sp³-hybridized carbons (Fsp3) is 0.211. The standard InChI is InChI=1S/C19H17ClN2O/c1-12(23)22-11-10-16-15-4-2-3-5-17(15)21-18(16)19(22)13-6-8-14(20)9-7-13/h2-9,19,21H,10-11H2,1H3. The maximum Gasteiger partial charge on any atom is 0.220 e. The minimum absolute atomic E-state index is 0.0825. The molecule has 0 saturated heterocycles. The predicted molar refractivity (Wildman–Crippen MR) is 92.7 cm³/mol. The molecule has 1 aliphatic rings. The molecule has 0 spiro atoms. The van der Waals surface area contributed by atoms with Crippen LogP contribution in [0.25, 0.3) is 10.9 Å². The van der Waals surface area contributed by atoms with Gasteiger partial charge in [-0.15, -0.1) is 0 Å². The number of hydrogen-bond donors (Lipinski definition) is 1. The van der Waals surface area contributed by atoms with E-state index >= 15 is 0 Å². The average molecular weight is 325 g/mol. The summed E-state index contributed by atoms with van der Waals surface area (Å²) in [4.78, 5) is 17.6. The SMILES string of the molecule is CC(=O)N1CCc2c([nH]c3ccccc23)C1c1ccc(Cl)cc1. The van der Waals surface area contributed by atoms with Crippen LogP contribution in [0.3, 0.4) is 0 Å². The monoisotopic (exact) mass is 324 g/mol. The lowest BCUT2D eigenvalue weighted by Crippen LogP contribution is -2.39. The lowest BCUT2D eigenvalue weighted by molar-refractivity contribution is -0.130. The fourth-order valence-electron chi connectivity index (χ4n) is 3.57. The second-order valence-electron chi connectivity index (χ2n) is 5.98. The maximum absolute atomic E-state index is 12.2. The van der Waals surface area contributed by atoms with Crippen molar-refractivity contribution in [1.82, 2.24) is 9.88 Å². The Morgan fingerprint density at radius 1 is 1.17 bits per heavy atom. The van der Waals surface area contributed by atoms with Crippen LogP contribution < -0.4 is 0 Å². The van der Waals surface area contributed by atoms with Gasteiger partial charge in [0.25, 0.3) is 0 Å². The van der Waals surface area contributed by atoms with Gasteiger partial charge < -0.3 is 9.88 Å². The lowest BCUT2D eigenvalue weighted by atomic mass is 9.92. The van der Waals surface area contributed by atoms with Crippen LogP contribution in [0.4, 0.5) is 0 Å². The number of amides is 1. The Kier molecular flexibility index (Phi) is 3.38. The molecule has 2 heterocycles. The number of carbonyl (C=O) groups is 1. The number of fused-ring (bicyclic) bond motifs is 3. The number of nitrogens with zero attached hydrogens (tertiary/aromatic N) is 1. The molecule has 0 aliphatic carbocycles. The summed E-state index contributed by atoms with van der Waals surface area (Å²) in [6, 6.07) is 16.0. The van der Waals surface area contributed by atoms with Gasteiger partial charge in [-0.2, -0.15) is 0 Å². The van der Waals surface area contributed by atoms with E-state index in [0.717, 1.165) is 29.7 Å². The Labute approximate surface area is 139 Å². The number of aromatic nitrogens is 1. The van der Waals surface area contributed by atoms with Crippen LogP contribution in [0.2, 0.25) is 5.02 Å². The zero-order valence-electron chi connectivity index (χ0n) is 12.8. The summed E-state index contributed by atoms with van der Waals surface area (Å²) in [5, 5.41) is 1.96. The van der Waals surface area contributed by atoms with Gasteiger partial charge in [0.15, 0.2) is 0 Å². The molecule has 1 aliphatic heterocycles. The van der Waals surface area contributed by atoms with Crippen molar-refractivity contribution >= 4 is 28.4 Å². The smallest absolute Gasteiger partial charge is 0.220 e. The van der Waals surface area contributed by atoms with Crippen LogP contribution >= 0.6 is 11.6 Å². The van der Waals surface area contributed by atoms with E-state index in [-0.39, 0.29) is 11.9 Å². The molecule has 1 unspecified atom stereocenters. The summed E-state index contributed by atoms with van der Waals surface area (Å²) in [5.74, 6) is 0.0919. The number of H-pyrrole nitrogens is 1. The molecule has 0 bridgehead atoms. The summed E-state index contributed by atoms with van der Waals surface area (Å²) in [5.41, 5.74) is 4.65. The van der Waals surface area contributed by atoms with E-state index < -0.39 is 0 Å². The van der Waals surface area contributed by atoms with Crippen molar-refractivity contribution in [2.45, 2.75) is 19.4 Å². The van der Waals surface area contributed by atoms with Crippen LogP contribution in [0.5, 0.6) is 0 Å². The highest BCUT2D eigenvalue weighted by Gasteiger charge is 2.32. The van der Waals surface area contributed by atoms with Crippen molar-refractivity contribution in [2.24, 2.45) is 0 Å². The topological polar surface area (TPSA) is 36.1 Å². The Hall–Kier alpha value is -2.26. The van der Waals surface area contributed by atoms with Crippen molar-refractivity contribution in [3.05, 3.63) is 70.4 Å². The molecule has 0 radical (unpaired) electrons. The molecule has 4 rings (SSSR count). The molecule has 4 heteroatoms. The zero-order chi connectivity index (χ0) is 16.0. The Bertz CT molecular complexity index is 882. The van der Waals surface area contributed by atoms with Gasteiger partial charge in [-0.05, 0) is 35.7 Å². The molecule has 23 heavy (non-hydrogen) atoms. The molecule has 1 aromatic heterocycles. The van der Waals surface area contributed by atoms with Gasteiger partial charge in [-0.3, -0.25) is 4.79 Å². The summed E-state index contributed by atoms with van der Waals surface area (Å²) in [7, 11) is 0. The third-order valence-electron chi connectivity index (χ3n) is 4.62. The molecule has 1 amide bonds. The molecule has 0 fully saturated rings. The maximum atomic E-state index is 12.2. The van der Waals surface area contributed by atoms with E-state index in [9.17, 15) is 4.79 Å². The van der Waals surface area contributed by atoms with E-state index in [0.29, 0.717) is 5.02 Å². The first kappa shape index (κ1) is 14.3. The number of nitrogens with one attached hydrogen (secondary N) is 1. The van der Waals surface area contributed by atoms with Gasteiger partial charge in [0.05, 0.1) is 6.04 Å². The summed E-state index contributed by atoms with van der Waals surface area (Å²) in [6.07, 6.45) is 0.878. The van der Waals surface area contributed by atoms with Crippen LogP contribution in [-0.2, 0) is 11.2 Å². The first-order chi connectivity index (χ1) is 11.1. The molecule has 2 aromatic carbocycles.